The maximum absolute atomic E-state index is 5.56. The van der Waals surface area contributed by atoms with E-state index in [4.69, 9.17) is 9.47 Å². The molecule has 1 heterocycles. The first-order chi connectivity index (χ1) is 8.36. The summed E-state index contributed by atoms with van der Waals surface area (Å²) in [5.74, 6) is 0. The number of methoxy groups -OCH3 is 1. The minimum absolute atomic E-state index is 0.347. The summed E-state index contributed by atoms with van der Waals surface area (Å²) in [5.41, 5.74) is 1.28. The highest BCUT2D eigenvalue weighted by Gasteiger charge is 2.08. The van der Waals surface area contributed by atoms with Crippen LogP contribution in [-0.4, -0.2) is 44.5 Å². The lowest BCUT2D eigenvalue weighted by Gasteiger charge is -2.18. The van der Waals surface area contributed by atoms with Crippen LogP contribution in [0.25, 0.3) is 0 Å². The summed E-state index contributed by atoms with van der Waals surface area (Å²) in [6.07, 6.45) is 4.61. The van der Waals surface area contributed by atoms with Crippen molar-refractivity contribution in [3.63, 3.8) is 0 Å². The molecule has 0 aromatic carbocycles. The zero-order valence-corrected chi connectivity index (χ0v) is 10.7. The summed E-state index contributed by atoms with van der Waals surface area (Å²) in [5, 5.41) is 3.42. The van der Waals surface area contributed by atoms with Crippen molar-refractivity contribution in [2.75, 3.05) is 33.5 Å². The van der Waals surface area contributed by atoms with Crippen LogP contribution in [0.4, 0.5) is 0 Å². The van der Waals surface area contributed by atoms with E-state index in [-0.39, 0.29) is 0 Å². The van der Waals surface area contributed by atoms with Gasteiger partial charge in [-0.3, -0.25) is 4.98 Å². The van der Waals surface area contributed by atoms with E-state index in [1.165, 1.54) is 5.56 Å². The molecular weight excluding hydrogens is 216 g/mol. The van der Waals surface area contributed by atoms with Crippen molar-refractivity contribution in [3.8, 4) is 0 Å². The monoisotopic (exact) mass is 238 g/mol. The van der Waals surface area contributed by atoms with Crippen molar-refractivity contribution in [1.82, 2.24) is 10.3 Å². The van der Waals surface area contributed by atoms with Crippen LogP contribution in [0.15, 0.2) is 24.5 Å². The summed E-state index contributed by atoms with van der Waals surface area (Å²) in [6, 6.07) is 4.43. The molecule has 0 radical (unpaired) electrons. The molecule has 0 saturated carbocycles. The topological polar surface area (TPSA) is 43.4 Å². The number of aromatic nitrogens is 1. The van der Waals surface area contributed by atoms with E-state index < -0.39 is 0 Å². The third kappa shape index (κ3) is 6.36. The molecule has 1 aromatic rings. The minimum atomic E-state index is 0.347. The number of nitrogens with one attached hydrogen (secondary N) is 1. The number of ether oxygens (including phenoxy) is 2. The van der Waals surface area contributed by atoms with Crippen molar-refractivity contribution >= 4 is 0 Å². The quantitative estimate of drug-likeness (QED) is 0.658. The van der Waals surface area contributed by atoms with Crippen LogP contribution in [0.2, 0.25) is 0 Å². The Bertz CT molecular complexity index is 280. The van der Waals surface area contributed by atoms with Gasteiger partial charge in [-0.1, -0.05) is 6.92 Å². The third-order valence-corrected chi connectivity index (χ3v) is 2.48. The fourth-order valence-electron chi connectivity index (χ4n) is 1.65. The number of rotatable bonds is 9. The van der Waals surface area contributed by atoms with E-state index in [1.54, 1.807) is 7.11 Å². The Balaban J connectivity index is 2.32. The minimum Gasteiger partial charge on any atom is -0.382 e. The molecule has 1 rings (SSSR count). The number of hydrogen-bond donors (Lipinski definition) is 1. The molecule has 4 nitrogen and oxygen atoms in total. The molecule has 0 aliphatic rings. The van der Waals surface area contributed by atoms with Gasteiger partial charge in [0.05, 0.1) is 19.8 Å². The Morgan fingerprint density at radius 3 is 2.71 bits per heavy atom. The summed E-state index contributed by atoms with van der Waals surface area (Å²) in [4.78, 5) is 4.02. The summed E-state index contributed by atoms with van der Waals surface area (Å²) < 4.78 is 10.5. The second-order valence-electron chi connectivity index (χ2n) is 3.88. The lowest BCUT2D eigenvalue weighted by Crippen LogP contribution is -2.35. The van der Waals surface area contributed by atoms with Crippen LogP contribution in [0.1, 0.15) is 12.5 Å². The van der Waals surface area contributed by atoms with Gasteiger partial charge in [-0.15, -0.1) is 0 Å². The van der Waals surface area contributed by atoms with Gasteiger partial charge in [0, 0.05) is 25.5 Å². The van der Waals surface area contributed by atoms with E-state index in [1.807, 2.05) is 24.5 Å². The largest absolute Gasteiger partial charge is 0.382 e. The first-order valence-electron chi connectivity index (χ1n) is 6.05. The van der Waals surface area contributed by atoms with E-state index in [2.05, 4.69) is 17.2 Å². The van der Waals surface area contributed by atoms with Gasteiger partial charge in [-0.05, 0) is 30.7 Å². The van der Waals surface area contributed by atoms with Gasteiger partial charge in [-0.25, -0.2) is 0 Å². The molecular formula is C13H22N2O2. The second kappa shape index (κ2) is 9.10. The van der Waals surface area contributed by atoms with Gasteiger partial charge < -0.3 is 14.8 Å². The molecule has 1 aromatic heterocycles. The summed E-state index contributed by atoms with van der Waals surface area (Å²) in [6.45, 7) is 5.06. The Hall–Kier alpha value is -0.970. The molecule has 17 heavy (non-hydrogen) atoms. The van der Waals surface area contributed by atoms with Gasteiger partial charge in [0.15, 0.2) is 0 Å². The van der Waals surface area contributed by atoms with E-state index in [9.17, 15) is 0 Å². The first kappa shape index (κ1) is 14.1. The molecule has 0 saturated heterocycles. The Morgan fingerprint density at radius 2 is 2.06 bits per heavy atom. The third-order valence-electron chi connectivity index (χ3n) is 2.48. The van der Waals surface area contributed by atoms with Gasteiger partial charge in [0.25, 0.3) is 0 Å². The lowest BCUT2D eigenvalue weighted by atomic mass is 10.1. The summed E-state index contributed by atoms with van der Waals surface area (Å²) in [7, 11) is 1.68. The van der Waals surface area contributed by atoms with Crippen LogP contribution in [0.3, 0.4) is 0 Å². The van der Waals surface area contributed by atoms with Crippen LogP contribution >= 0.6 is 0 Å². The van der Waals surface area contributed by atoms with E-state index in [0.717, 1.165) is 13.0 Å². The normalized spacial score (nSPS) is 12.6. The molecule has 0 aliphatic heterocycles. The van der Waals surface area contributed by atoms with Crippen LogP contribution in [0.5, 0.6) is 0 Å². The smallest absolute Gasteiger partial charge is 0.0701 e. The van der Waals surface area contributed by atoms with Crippen LogP contribution < -0.4 is 5.32 Å². The highest BCUT2D eigenvalue weighted by Crippen LogP contribution is 2.02. The second-order valence-corrected chi connectivity index (χ2v) is 3.88. The molecule has 1 unspecified atom stereocenters. The number of nitrogens with zero attached hydrogens (tertiary/aromatic N) is 1. The van der Waals surface area contributed by atoms with Gasteiger partial charge in [0.2, 0.25) is 0 Å². The van der Waals surface area contributed by atoms with Crippen molar-refractivity contribution in [1.29, 1.82) is 0 Å². The molecule has 0 aliphatic carbocycles. The Kier molecular flexibility index (Phi) is 7.54. The highest BCUT2D eigenvalue weighted by atomic mass is 16.5. The molecule has 0 spiro atoms. The predicted octanol–water partition coefficient (Wildman–Crippen LogP) is 1.27. The fourth-order valence-corrected chi connectivity index (χ4v) is 1.65. The van der Waals surface area contributed by atoms with E-state index >= 15 is 0 Å². The molecule has 0 bridgehead atoms. The van der Waals surface area contributed by atoms with Crippen molar-refractivity contribution < 1.29 is 9.47 Å². The van der Waals surface area contributed by atoms with Crippen molar-refractivity contribution in [2.45, 2.75) is 19.4 Å². The Morgan fingerprint density at radius 1 is 1.29 bits per heavy atom. The maximum atomic E-state index is 5.56. The molecule has 1 N–H and O–H groups in total. The molecule has 0 amide bonds. The Labute approximate surface area is 103 Å². The van der Waals surface area contributed by atoms with Crippen LogP contribution in [0, 0.1) is 0 Å². The zero-order chi connectivity index (χ0) is 12.3. The molecule has 96 valence electrons. The predicted molar refractivity (Wildman–Crippen MR) is 68.1 cm³/mol. The summed E-state index contributed by atoms with van der Waals surface area (Å²) >= 11 is 0. The number of pyridine rings is 1. The number of likely N-dealkylation sites (N-methyl/N-ethyl adjacent to an activating group) is 1. The average Bonchev–Trinajstić information content (AvgIpc) is 2.36. The maximum Gasteiger partial charge on any atom is 0.0701 e. The number of hydrogen-bond acceptors (Lipinski definition) is 4. The zero-order valence-electron chi connectivity index (χ0n) is 10.7. The first-order valence-corrected chi connectivity index (χ1v) is 6.05. The molecule has 4 heteroatoms. The fraction of sp³-hybridized carbons (Fsp3) is 0.615. The lowest BCUT2D eigenvalue weighted by molar-refractivity contribution is 0.0589. The van der Waals surface area contributed by atoms with Crippen LogP contribution in [-0.2, 0) is 15.9 Å². The van der Waals surface area contributed by atoms with Gasteiger partial charge in [-0.2, -0.15) is 0 Å². The standard InChI is InChI=1S/C13H22N2O2/c1-3-15-13(11-17-9-8-16-2)10-12-4-6-14-7-5-12/h4-7,13,15H,3,8-11H2,1-2H3. The molecule has 0 fully saturated rings. The van der Waals surface area contributed by atoms with E-state index in [0.29, 0.717) is 25.9 Å². The molecule has 1 atom stereocenters. The average molecular weight is 238 g/mol. The van der Waals surface area contributed by atoms with Crippen molar-refractivity contribution in [3.05, 3.63) is 30.1 Å². The van der Waals surface area contributed by atoms with Gasteiger partial charge in [0.1, 0.15) is 0 Å². The van der Waals surface area contributed by atoms with Gasteiger partial charge >= 0.3 is 0 Å². The van der Waals surface area contributed by atoms with Crippen molar-refractivity contribution in [2.24, 2.45) is 0 Å². The highest BCUT2D eigenvalue weighted by molar-refractivity contribution is 5.11. The SMILES string of the molecule is CCNC(COCCOC)Cc1ccncc1.